The Kier molecular flexibility index (Phi) is 3.85. The maximum atomic E-state index is 11.5. The van der Waals surface area contributed by atoms with E-state index < -0.39 is 6.09 Å². The maximum absolute atomic E-state index is 11.5. The summed E-state index contributed by atoms with van der Waals surface area (Å²) in [4.78, 5) is 12.9. The highest BCUT2D eigenvalue weighted by molar-refractivity contribution is 5.88. The van der Waals surface area contributed by atoms with Crippen LogP contribution in [0, 0.1) is 13.8 Å². The lowest BCUT2D eigenvalue weighted by Crippen LogP contribution is -2.29. The highest BCUT2D eigenvalue weighted by atomic mass is 16.4. The zero-order chi connectivity index (χ0) is 13.8. The summed E-state index contributed by atoms with van der Waals surface area (Å²) in [6.07, 6.45) is -0.929. The lowest BCUT2D eigenvalue weighted by Gasteiger charge is -2.23. The van der Waals surface area contributed by atoms with Crippen molar-refractivity contribution in [2.45, 2.75) is 20.4 Å². The van der Waals surface area contributed by atoms with Crippen LogP contribution in [0.25, 0.3) is 0 Å². The van der Waals surface area contributed by atoms with E-state index in [9.17, 15) is 9.90 Å². The number of nitrogens with zero attached hydrogens (tertiary/aromatic N) is 1. The van der Waals surface area contributed by atoms with Gasteiger partial charge < -0.3 is 5.11 Å². The van der Waals surface area contributed by atoms with Crippen LogP contribution in [0.1, 0.15) is 16.7 Å². The molecule has 0 heterocycles. The molecule has 19 heavy (non-hydrogen) atoms. The van der Waals surface area contributed by atoms with Crippen LogP contribution in [0.15, 0.2) is 48.5 Å². The van der Waals surface area contributed by atoms with Crippen molar-refractivity contribution in [1.82, 2.24) is 0 Å². The highest BCUT2D eigenvalue weighted by Gasteiger charge is 2.18. The van der Waals surface area contributed by atoms with E-state index in [1.807, 2.05) is 62.4 Å². The first-order valence-corrected chi connectivity index (χ1v) is 6.20. The van der Waals surface area contributed by atoms with Gasteiger partial charge in [-0.2, -0.15) is 0 Å². The third kappa shape index (κ3) is 2.94. The van der Waals surface area contributed by atoms with Crippen LogP contribution in [0.4, 0.5) is 10.5 Å². The van der Waals surface area contributed by atoms with Gasteiger partial charge >= 0.3 is 6.09 Å². The quantitative estimate of drug-likeness (QED) is 0.900. The number of aryl methyl sites for hydroxylation is 2. The molecule has 0 fully saturated rings. The zero-order valence-electron chi connectivity index (χ0n) is 11.1. The number of amides is 1. The van der Waals surface area contributed by atoms with Gasteiger partial charge in [0.2, 0.25) is 0 Å². The van der Waals surface area contributed by atoms with E-state index in [0.29, 0.717) is 6.54 Å². The van der Waals surface area contributed by atoms with Gasteiger partial charge in [-0.1, -0.05) is 48.5 Å². The SMILES string of the molecule is Cc1cccc(C)c1N(Cc1ccccc1)C(=O)O. The van der Waals surface area contributed by atoms with Gasteiger partial charge in [0.1, 0.15) is 0 Å². The van der Waals surface area contributed by atoms with Crippen molar-refractivity contribution in [3.63, 3.8) is 0 Å². The fourth-order valence-electron chi connectivity index (χ4n) is 2.24. The third-order valence-electron chi connectivity index (χ3n) is 3.12. The molecule has 0 aromatic heterocycles. The summed E-state index contributed by atoms with van der Waals surface area (Å²) in [5, 5.41) is 9.46. The summed E-state index contributed by atoms with van der Waals surface area (Å²) < 4.78 is 0. The molecule has 0 aliphatic rings. The predicted molar refractivity (Wildman–Crippen MR) is 76.6 cm³/mol. The van der Waals surface area contributed by atoms with Gasteiger partial charge in [0, 0.05) is 0 Å². The normalized spacial score (nSPS) is 10.2. The molecular weight excluding hydrogens is 238 g/mol. The molecule has 0 saturated carbocycles. The molecule has 0 atom stereocenters. The van der Waals surface area contributed by atoms with Crippen LogP contribution >= 0.6 is 0 Å². The first kappa shape index (κ1) is 13.1. The van der Waals surface area contributed by atoms with Crippen LogP contribution in [0.5, 0.6) is 0 Å². The maximum Gasteiger partial charge on any atom is 0.412 e. The summed E-state index contributed by atoms with van der Waals surface area (Å²) >= 11 is 0. The van der Waals surface area contributed by atoms with Gasteiger partial charge in [0.05, 0.1) is 12.2 Å². The summed E-state index contributed by atoms with van der Waals surface area (Å²) in [5.74, 6) is 0. The number of anilines is 1. The molecule has 2 aromatic rings. The smallest absolute Gasteiger partial charge is 0.412 e. The monoisotopic (exact) mass is 255 g/mol. The molecule has 0 spiro atoms. The minimum absolute atomic E-state index is 0.363. The molecule has 3 heteroatoms. The molecule has 3 nitrogen and oxygen atoms in total. The average molecular weight is 255 g/mol. The van der Waals surface area contributed by atoms with Gasteiger partial charge in [0.25, 0.3) is 0 Å². The molecule has 0 radical (unpaired) electrons. The molecule has 1 amide bonds. The molecule has 0 bridgehead atoms. The molecule has 2 aromatic carbocycles. The molecule has 0 aliphatic carbocycles. The van der Waals surface area contributed by atoms with E-state index in [-0.39, 0.29) is 0 Å². The fraction of sp³-hybridized carbons (Fsp3) is 0.188. The van der Waals surface area contributed by atoms with E-state index in [1.165, 1.54) is 4.90 Å². The van der Waals surface area contributed by atoms with Crippen molar-refractivity contribution < 1.29 is 9.90 Å². The Balaban J connectivity index is 2.39. The number of carbonyl (C=O) groups is 1. The minimum atomic E-state index is -0.929. The van der Waals surface area contributed by atoms with Crippen LogP contribution in [-0.2, 0) is 6.54 Å². The molecular formula is C16H17NO2. The van der Waals surface area contributed by atoms with E-state index in [1.54, 1.807) is 0 Å². The minimum Gasteiger partial charge on any atom is -0.465 e. The third-order valence-corrected chi connectivity index (χ3v) is 3.12. The van der Waals surface area contributed by atoms with Gasteiger partial charge in [-0.25, -0.2) is 4.79 Å². The molecule has 0 unspecified atom stereocenters. The second-order valence-electron chi connectivity index (χ2n) is 4.59. The number of hydrogen-bond donors (Lipinski definition) is 1. The number of benzene rings is 2. The second-order valence-corrected chi connectivity index (χ2v) is 4.59. The predicted octanol–water partition coefficient (Wildman–Crippen LogP) is 3.99. The van der Waals surface area contributed by atoms with Crippen LogP contribution < -0.4 is 4.90 Å². The Hall–Kier alpha value is -2.29. The summed E-state index contributed by atoms with van der Waals surface area (Å²) in [7, 11) is 0. The lowest BCUT2D eigenvalue weighted by atomic mass is 10.1. The zero-order valence-corrected chi connectivity index (χ0v) is 11.1. The summed E-state index contributed by atoms with van der Waals surface area (Å²) in [5.41, 5.74) is 3.70. The van der Waals surface area contributed by atoms with Crippen LogP contribution in [-0.4, -0.2) is 11.2 Å². The van der Waals surface area contributed by atoms with Crippen molar-refractivity contribution in [2.24, 2.45) is 0 Å². The van der Waals surface area contributed by atoms with Gasteiger partial charge in [-0.05, 0) is 30.5 Å². The van der Waals surface area contributed by atoms with Crippen molar-refractivity contribution in [1.29, 1.82) is 0 Å². The van der Waals surface area contributed by atoms with E-state index in [2.05, 4.69) is 0 Å². The number of hydrogen-bond acceptors (Lipinski definition) is 1. The second kappa shape index (κ2) is 5.57. The summed E-state index contributed by atoms with van der Waals surface area (Å²) in [6, 6.07) is 15.4. The first-order chi connectivity index (χ1) is 9.09. The van der Waals surface area contributed by atoms with Crippen molar-refractivity contribution in [2.75, 3.05) is 4.90 Å². The lowest BCUT2D eigenvalue weighted by molar-refractivity contribution is 0.201. The van der Waals surface area contributed by atoms with Crippen LogP contribution in [0.2, 0.25) is 0 Å². The number of rotatable bonds is 3. The van der Waals surface area contributed by atoms with Gasteiger partial charge in [-0.3, -0.25) is 4.90 Å². The van der Waals surface area contributed by atoms with Crippen molar-refractivity contribution in [3.05, 3.63) is 65.2 Å². The highest BCUT2D eigenvalue weighted by Crippen LogP contribution is 2.26. The topological polar surface area (TPSA) is 40.5 Å². The Morgan fingerprint density at radius 3 is 2.11 bits per heavy atom. The Morgan fingerprint density at radius 1 is 1.00 bits per heavy atom. The molecule has 2 rings (SSSR count). The van der Waals surface area contributed by atoms with Crippen molar-refractivity contribution in [3.8, 4) is 0 Å². The summed E-state index contributed by atoms with van der Waals surface area (Å²) in [6.45, 7) is 4.23. The Bertz CT molecular complexity index is 558. The number of para-hydroxylation sites is 1. The molecule has 0 saturated heterocycles. The molecule has 0 aliphatic heterocycles. The standard InChI is InChI=1S/C16H17NO2/c1-12-7-6-8-13(2)15(12)17(16(18)19)11-14-9-4-3-5-10-14/h3-10H,11H2,1-2H3,(H,18,19). The average Bonchev–Trinajstić information content (AvgIpc) is 2.38. The van der Waals surface area contributed by atoms with E-state index in [0.717, 1.165) is 22.4 Å². The van der Waals surface area contributed by atoms with E-state index in [4.69, 9.17) is 0 Å². The Labute approximate surface area is 113 Å². The van der Waals surface area contributed by atoms with Crippen LogP contribution in [0.3, 0.4) is 0 Å². The van der Waals surface area contributed by atoms with E-state index >= 15 is 0 Å². The van der Waals surface area contributed by atoms with Gasteiger partial charge in [-0.15, -0.1) is 0 Å². The van der Waals surface area contributed by atoms with Crippen molar-refractivity contribution >= 4 is 11.8 Å². The Morgan fingerprint density at radius 2 is 1.58 bits per heavy atom. The van der Waals surface area contributed by atoms with Gasteiger partial charge in [0.15, 0.2) is 0 Å². The first-order valence-electron chi connectivity index (χ1n) is 6.20. The molecule has 98 valence electrons. The largest absolute Gasteiger partial charge is 0.465 e. The number of carboxylic acid groups (broad SMARTS) is 1. The fourth-order valence-corrected chi connectivity index (χ4v) is 2.24. The molecule has 1 N–H and O–H groups in total.